The SMILES string of the molecule is CCNCCNS(=O)(=O)c1cc(Cl)cc(C(F)(F)F)c1.Cl. The molecule has 0 saturated heterocycles. The van der Waals surface area contributed by atoms with Gasteiger partial charge in [-0.15, -0.1) is 12.4 Å². The molecule has 0 atom stereocenters. The fourth-order valence-electron chi connectivity index (χ4n) is 1.42. The lowest BCUT2D eigenvalue weighted by Gasteiger charge is -2.11. The molecule has 0 radical (unpaired) electrons. The summed E-state index contributed by atoms with van der Waals surface area (Å²) in [6.45, 7) is 2.96. The van der Waals surface area contributed by atoms with E-state index in [1.807, 2.05) is 6.92 Å². The molecular formula is C11H15Cl2F3N2O2S. The summed E-state index contributed by atoms with van der Waals surface area (Å²) in [6.07, 6.45) is -4.65. The fraction of sp³-hybridized carbons (Fsp3) is 0.455. The number of alkyl halides is 3. The van der Waals surface area contributed by atoms with Gasteiger partial charge >= 0.3 is 6.18 Å². The lowest BCUT2D eigenvalue weighted by atomic mass is 10.2. The number of nitrogens with one attached hydrogen (secondary N) is 2. The Labute approximate surface area is 132 Å². The molecule has 0 aromatic heterocycles. The maximum atomic E-state index is 12.6. The lowest BCUT2D eigenvalue weighted by Crippen LogP contribution is -2.31. The van der Waals surface area contributed by atoms with Crippen molar-refractivity contribution in [3.8, 4) is 0 Å². The zero-order valence-corrected chi connectivity index (χ0v) is 13.4. The van der Waals surface area contributed by atoms with Crippen LogP contribution in [0, 0.1) is 0 Å². The quantitative estimate of drug-likeness (QED) is 0.761. The summed E-state index contributed by atoms with van der Waals surface area (Å²) in [4.78, 5) is -0.506. The van der Waals surface area contributed by atoms with Gasteiger partial charge in [-0.05, 0) is 24.7 Å². The Balaban J connectivity index is 0.00000400. The van der Waals surface area contributed by atoms with Crippen LogP contribution in [0.2, 0.25) is 5.02 Å². The summed E-state index contributed by atoms with van der Waals surface area (Å²) in [7, 11) is -4.02. The highest BCUT2D eigenvalue weighted by Crippen LogP contribution is 2.32. The molecule has 4 nitrogen and oxygen atoms in total. The second-order valence-corrected chi connectivity index (χ2v) is 6.13. The van der Waals surface area contributed by atoms with Gasteiger partial charge in [-0.25, -0.2) is 13.1 Å². The molecule has 1 rings (SSSR count). The third kappa shape index (κ3) is 6.39. The third-order valence-electron chi connectivity index (χ3n) is 2.35. The number of hydrogen-bond acceptors (Lipinski definition) is 3. The van der Waals surface area contributed by atoms with Crippen LogP contribution in [0.1, 0.15) is 12.5 Å². The van der Waals surface area contributed by atoms with Gasteiger partial charge in [0.2, 0.25) is 10.0 Å². The predicted octanol–water partition coefficient (Wildman–Crippen LogP) is 2.67. The van der Waals surface area contributed by atoms with Crippen LogP contribution in [0.5, 0.6) is 0 Å². The number of hydrogen-bond donors (Lipinski definition) is 2. The normalized spacial score (nSPS) is 12.0. The Bertz CT molecular complexity index is 565. The van der Waals surface area contributed by atoms with Gasteiger partial charge < -0.3 is 5.32 Å². The van der Waals surface area contributed by atoms with Crippen LogP contribution in [0.25, 0.3) is 0 Å². The minimum Gasteiger partial charge on any atom is -0.316 e. The average Bonchev–Trinajstić information content (AvgIpc) is 2.33. The Hall–Kier alpha value is -0.540. The van der Waals surface area contributed by atoms with E-state index < -0.39 is 26.7 Å². The van der Waals surface area contributed by atoms with E-state index in [1.54, 1.807) is 0 Å². The molecule has 1 aromatic rings. The van der Waals surface area contributed by atoms with Crippen molar-refractivity contribution in [1.29, 1.82) is 0 Å². The highest BCUT2D eigenvalue weighted by Gasteiger charge is 2.32. The highest BCUT2D eigenvalue weighted by molar-refractivity contribution is 7.89. The van der Waals surface area contributed by atoms with Gasteiger partial charge in [-0.1, -0.05) is 18.5 Å². The Morgan fingerprint density at radius 2 is 1.81 bits per heavy atom. The predicted molar refractivity (Wildman–Crippen MR) is 77.4 cm³/mol. The summed E-state index contributed by atoms with van der Waals surface area (Å²) in [5.41, 5.74) is -1.10. The van der Waals surface area contributed by atoms with Crippen LogP contribution in [0.4, 0.5) is 13.2 Å². The first-order valence-electron chi connectivity index (χ1n) is 5.75. The lowest BCUT2D eigenvalue weighted by molar-refractivity contribution is -0.137. The molecule has 0 aliphatic heterocycles. The molecule has 2 N–H and O–H groups in total. The van der Waals surface area contributed by atoms with Gasteiger partial charge in [-0.2, -0.15) is 13.2 Å². The molecular weight excluding hydrogens is 352 g/mol. The minimum absolute atomic E-state index is 0. The van der Waals surface area contributed by atoms with E-state index in [0.29, 0.717) is 25.2 Å². The van der Waals surface area contributed by atoms with Crippen LogP contribution < -0.4 is 10.0 Å². The largest absolute Gasteiger partial charge is 0.416 e. The Kier molecular flexibility index (Phi) is 7.98. The molecule has 0 unspecified atom stereocenters. The highest BCUT2D eigenvalue weighted by atomic mass is 35.5. The number of benzene rings is 1. The molecule has 1 aromatic carbocycles. The van der Waals surface area contributed by atoms with Gasteiger partial charge in [0, 0.05) is 18.1 Å². The second-order valence-electron chi connectivity index (χ2n) is 3.92. The molecule has 0 bridgehead atoms. The summed E-state index contributed by atoms with van der Waals surface area (Å²) >= 11 is 5.54. The monoisotopic (exact) mass is 366 g/mol. The molecule has 0 spiro atoms. The van der Waals surface area contributed by atoms with E-state index in [2.05, 4.69) is 10.0 Å². The topological polar surface area (TPSA) is 58.2 Å². The molecule has 0 aliphatic rings. The number of halogens is 5. The molecule has 122 valence electrons. The summed E-state index contributed by atoms with van der Waals surface area (Å²) in [5, 5.41) is 2.60. The van der Waals surface area contributed by atoms with E-state index in [9.17, 15) is 21.6 Å². The number of rotatable bonds is 6. The van der Waals surface area contributed by atoms with E-state index >= 15 is 0 Å². The first kappa shape index (κ1) is 20.5. The molecule has 0 aliphatic carbocycles. The average molecular weight is 367 g/mol. The van der Waals surface area contributed by atoms with Crippen molar-refractivity contribution in [2.45, 2.75) is 18.0 Å². The standard InChI is InChI=1S/C11H14ClF3N2O2S.ClH/c1-2-16-3-4-17-20(18,19)10-6-8(11(13,14)15)5-9(12)7-10;/h5-7,16-17H,2-4H2,1H3;1H. The molecule has 0 heterocycles. The van der Waals surface area contributed by atoms with Crippen LogP contribution in [-0.4, -0.2) is 28.1 Å². The van der Waals surface area contributed by atoms with Gasteiger partial charge in [0.25, 0.3) is 0 Å². The maximum absolute atomic E-state index is 12.6. The van der Waals surface area contributed by atoms with Crippen molar-refractivity contribution in [2.24, 2.45) is 0 Å². The van der Waals surface area contributed by atoms with Crippen LogP contribution >= 0.6 is 24.0 Å². The van der Waals surface area contributed by atoms with Crippen LogP contribution in [0.15, 0.2) is 23.1 Å². The summed E-state index contributed by atoms with van der Waals surface area (Å²) in [5.74, 6) is 0. The van der Waals surface area contributed by atoms with E-state index in [-0.39, 0.29) is 24.0 Å². The van der Waals surface area contributed by atoms with E-state index in [4.69, 9.17) is 11.6 Å². The van der Waals surface area contributed by atoms with Gasteiger partial charge in [0.05, 0.1) is 10.5 Å². The van der Waals surface area contributed by atoms with Crippen molar-refractivity contribution in [2.75, 3.05) is 19.6 Å². The molecule has 10 heteroatoms. The zero-order valence-electron chi connectivity index (χ0n) is 11.0. The Morgan fingerprint density at radius 3 is 2.33 bits per heavy atom. The smallest absolute Gasteiger partial charge is 0.316 e. The van der Waals surface area contributed by atoms with Crippen molar-refractivity contribution in [3.63, 3.8) is 0 Å². The fourth-order valence-corrected chi connectivity index (χ4v) is 2.82. The van der Waals surface area contributed by atoms with E-state index in [1.165, 1.54) is 0 Å². The Morgan fingerprint density at radius 1 is 1.19 bits per heavy atom. The second kappa shape index (κ2) is 8.19. The first-order chi connectivity index (χ1) is 9.16. The van der Waals surface area contributed by atoms with Crippen molar-refractivity contribution < 1.29 is 21.6 Å². The van der Waals surface area contributed by atoms with Crippen molar-refractivity contribution in [3.05, 3.63) is 28.8 Å². The molecule has 21 heavy (non-hydrogen) atoms. The molecule has 0 saturated carbocycles. The van der Waals surface area contributed by atoms with Gasteiger partial charge in [-0.3, -0.25) is 0 Å². The number of sulfonamides is 1. The summed E-state index contributed by atoms with van der Waals surface area (Å²) < 4.78 is 63.7. The summed E-state index contributed by atoms with van der Waals surface area (Å²) in [6, 6.07) is 2.22. The molecule has 0 amide bonds. The van der Waals surface area contributed by atoms with Crippen LogP contribution in [-0.2, 0) is 16.2 Å². The van der Waals surface area contributed by atoms with Crippen molar-refractivity contribution >= 4 is 34.0 Å². The van der Waals surface area contributed by atoms with Crippen LogP contribution in [0.3, 0.4) is 0 Å². The van der Waals surface area contributed by atoms with Gasteiger partial charge in [0.15, 0.2) is 0 Å². The van der Waals surface area contributed by atoms with Gasteiger partial charge in [0.1, 0.15) is 0 Å². The maximum Gasteiger partial charge on any atom is 0.416 e. The van der Waals surface area contributed by atoms with E-state index in [0.717, 1.165) is 6.07 Å². The number of likely N-dealkylation sites (N-methyl/N-ethyl adjacent to an activating group) is 1. The third-order valence-corrected chi connectivity index (χ3v) is 4.01. The zero-order chi connectivity index (χ0) is 15.4. The van der Waals surface area contributed by atoms with Crippen molar-refractivity contribution in [1.82, 2.24) is 10.0 Å². The first-order valence-corrected chi connectivity index (χ1v) is 7.61. The molecule has 0 fully saturated rings. The minimum atomic E-state index is -4.65.